The average molecular weight is 141 g/mol. The predicted octanol–water partition coefficient (Wildman–Crippen LogP) is 1.13. The summed E-state index contributed by atoms with van der Waals surface area (Å²) in [7, 11) is 1.87. The van der Waals surface area contributed by atoms with Crippen molar-refractivity contribution in [3.63, 3.8) is 0 Å². The van der Waals surface area contributed by atoms with E-state index in [0.717, 1.165) is 12.1 Å². The monoisotopic (exact) mass is 141 g/mol. The molecule has 0 heterocycles. The Morgan fingerprint density at radius 1 is 1.60 bits per heavy atom. The molecule has 58 valence electrons. The van der Waals surface area contributed by atoms with Crippen LogP contribution >= 0.6 is 0 Å². The zero-order chi connectivity index (χ0) is 7.98. The third kappa shape index (κ3) is 4.27. The number of hydrogen-bond donors (Lipinski definition) is 1. The van der Waals surface area contributed by atoms with Crippen molar-refractivity contribution in [2.45, 2.75) is 20.3 Å². The third-order valence-corrected chi connectivity index (χ3v) is 1.21. The Bertz CT molecular complexity index is 138. The van der Waals surface area contributed by atoms with E-state index < -0.39 is 0 Å². The van der Waals surface area contributed by atoms with E-state index in [9.17, 15) is 4.79 Å². The van der Waals surface area contributed by atoms with Crippen molar-refractivity contribution in [1.82, 2.24) is 5.32 Å². The predicted molar refractivity (Wildman–Crippen MR) is 43.0 cm³/mol. The number of hydrogen-bond acceptors (Lipinski definition) is 2. The lowest BCUT2D eigenvalue weighted by Crippen LogP contribution is -2.09. The zero-order valence-corrected chi connectivity index (χ0v) is 6.90. The largest absolute Gasteiger partial charge is 0.316 e. The van der Waals surface area contributed by atoms with Crippen LogP contribution in [-0.2, 0) is 4.79 Å². The second kappa shape index (κ2) is 5.18. The van der Waals surface area contributed by atoms with E-state index >= 15 is 0 Å². The van der Waals surface area contributed by atoms with Gasteiger partial charge in [-0.05, 0) is 20.0 Å². The van der Waals surface area contributed by atoms with Gasteiger partial charge in [-0.15, -0.1) is 0 Å². The summed E-state index contributed by atoms with van der Waals surface area (Å²) in [5.74, 6) is 0.202. The summed E-state index contributed by atoms with van der Waals surface area (Å²) in [6, 6.07) is 0. The van der Waals surface area contributed by atoms with E-state index in [2.05, 4.69) is 5.32 Å². The van der Waals surface area contributed by atoms with Gasteiger partial charge in [-0.3, -0.25) is 4.79 Å². The molecule has 1 N–H and O–H groups in total. The van der Waals surface area contributed by atoms with Crippen molar-refractivity contribution in [2.75, 3.05) is 13.6 Å². The standard InChI is InChI=1S/C8H15NO/c1-4-8(10)5-7(2)6-9-3/h5,9H,4,6H2,1-3H3/b7-5-. The number of likely N-dealkylation sites (N-methyl/N-ethyl adjacent to an activating group) is 1. The summed E-state index contributed by atoms with van der Waals surface area (Å²) in [5.41, 5.74) is 1.09. The van der Waals surface area contributed by atoms with Crippen LogP contribution in [0.25, 0.3) is 0 Å². The number of nitrogens with one attached hydrogen (secondary N) is 1. The molecule has 0 amide bonds. The van der Waals surface area contributed by atoms with Gasteiger partial charge in [0.05, 0.1) is 0 Å². The number of carbonyl (C=O) groups is 1. The molecule has 2 nitrogen and oxygen atoms in total. The van der Waals surface area contributed by atoms with Crippen LogP contribution in [0, 0.1) is 0 Å². The molecular formula is C8H15NO. The van der Waals surface area contributed by atoms with E-state index in [1.165, 1.54) is 0 Å². The molecule has 0 bridgehead atoms. The summed E-state index contributed by atoms with van der Waals surface area (Å²) in [5, 5.41) is 2.98. The van der Waals surface area contributed by atoms with Crippen LogP contribution in [0.3, 0.4) is 0 Å². The van der Waals surface area contributed by atoms with Crippen molar-refractivity contribution in [2.24, 2.45) is 0 Å². The Kier molecular flexibility index (Phi) is 4.85. The summed E-state index contributed by atoms with van der Waals surface area (Å²) in [4.78, 5) is 10.8. The maximum atomic E-state index is 10.8. The highest BCUT2D eigenvalue weighted by molar-refractivity contribution is 5.89. The maximum absolute atomic E-state index is 10.8. The molecule has 0 spiro atoms. The molecule has 0 aliphatic heterocycles. The minimum atomic E-state index is 0.202. The molecule has 0 atom stereocenters. The topological polar surface area (TPSA) is 29.1 Å². The third-order valence-electron chi connectivity index (χ3n) is 1.21. The molecule has 0 unspecified atom stereocenters. The molecule has 0 radical (unpaired) electrons. The molecule has 0 fully saturated rings. The lowest BCUT2D eigenvalue weighted by molar-refractivity contribution is -0.114. The molecule has 2 heteroatoms. The zero-order valence-electron chi connectivity index (χ0n) is 6.90. The first kappa shape index (κ1) is 9.37. The molecule has 0 rings (SSSR count). The number of allylic oxidation sites excluding steroid dienone is 1. The Balaban J connectivity index is 3.77. The van der Waals surface area contributed by atoms with Crippen LogP contribution in [0.2, 0.25) is 0 Å². The lowest BCUT2D eigenvalue weighted by atomic mass is 10.2. The Labute approximate surface area is 62.3 Å². The fourth-order valence-corrected chi connectivity index (χ4v) is 0.707. The molecule has 0 aliphatic rings. The SMILES string of the molecule is CCC(=O)/C=C(/C)CNC. The molecule has 0 aromatic heterocycles. The maximum Gasteiger partial charge on any atom is 0.155 e. The van der Waals surface area contributed by atoms with Gasteiger partial charge in [0.1, 0.15) is 0 Å². The summed E-state index contributed by atoms with van der Waals surface area (Å²) in [6.45, 7) is 4.61. The fourth-order valence-electron chi connectivity index (χ4n) is 0.707. The van der Waals surface area contributed by atoms with Gasteiger partial charge in [-0.1, -0.05) is 12.5 Å². The van der Waals surface area contributed by atoms with Crippen molar-refractivity contribution in [3.05, 3.63) is 11.6 Å². The van der Waals surface area contributed by atoms with E-state index in [1.807, 2.05) is 20.9 Å². The van der Waals surface area contributed by atoms with E-state index in [4.69, 9.17) is 0 Å². The molecule has 0 saturated carbocycles. The van der Waals surface area contributed by atoms with Crippen molar-refractivity contribution in [3.8, 4) is 0 Å². The first-order chi connectivity index (χ1) is 4.70. The molecular weight excluding hydrogens is 126 g/mol. The number of carbonyl (C=O) groups excluding carboxylic acids is 1. The highest BCUT2D eigenvalue weighted by Gasteiger charge is 1.92. The van der Waals surface area contributed by atoms with Gasteiger partial charge < -0.3 is 5.32 Å². The van der Waals surface area contributed by atoms with Crippen LogP contribution in [0.15, 0.2) is 11.6 Å². The second-order valence-electron chi connectivity index (χ2n) is 2.34. The quantitative estimate of drug-likeness (QED) is 0.595. The van der Waals surface area contributed by atoms with Gasteiger partial charge >= 0.3 is 0 Å². The Hall–Kier alpha value is -0.630. The van der Waals surface area contributed by atoms with Crippen LogP contribution < -0.4 is 5.32 Å². The first-order valence-electron chi connectivity index (χ1n) is 3.55. The molecule has 0 saturated heterocycles. The second-order valence-corrected chi connectivity index (χ2v) is 2.34. The van der Waals surface area contributed by atoms with Crippen LogP contribution in [0.4, 0.5) is 0 Å². The van der Waals surface area contributed by atoms with Gasteiger partial charge in [0.15, 0.2) is 5.78 Å². The number of ketones is 1. The highest BCUT2D eigenvalue weighted by atomic mass is 16.1. The molecule has 0 aromatic rings. The van der Waals surface area contributed by atoms with Crippen molar-refractivity contribution in [1.29, 1.82) is 0 Å². The van der Waals surface area contributed by atoms with Gasteiger partial charge in [-0.2, -0.15) is 0 Å². The van der Waals surface area contributed by atoms with Gasteiger partial charge in [0.25, 0.3) is 0 Å². The molecule has 10 heavy (non-hydrogen) atoms. The van der Waals surface area contributed by atoms with Crippen LogP contribution in [0.5, 0.6) is 0 Å². The van der Waals surface area contributed by atoms with Gasteiger partial charge in [0, 0.05) is 13.0 Å². The first-order valence-corrected chi connectivity index (χ1v) is 3.55. The normalized spacial score (nSPS) is 11.7. The van der Waals surface area contributed by atoms with Crippen molar-refractivity contribution < 1.29 is 4.79 Å². The smallest absolute Gasteiger partial charge is 0.155 e. The highest BCUT2D eigenvalue weighted by Crippen LogP contribution is 1.92. The van der Waals surface area contributed by atoms with Crippen molar-refractivity contribution >= 4 is 5.78 Å². The minimum Gasteiger partial charge on any atom is -0.316 e. The van der Waals surface area contributed by atoms with E-state index in [-0.39, 0.29) is 5.78 Å². The summed E-state index contributed by atoms with van der Waals surface area (Å²) < 4.78 is 0. The lowest BCUT2D eigenvalue weighted by Gasteiger charge is -1.96. The summed E-state index contributed by atoms with van der Waals surface area (Å²) in [6.07, 6.45) is 2.29. The van der Waals surface area contributed by atoms with Crippen LogP contribution in [-0.4, -0.2) is 19.4 Å². The van der Waals surface area contributed by atoms with Gasteiger partial charge in [-0.25, -0.2) is 0 Å². The fraction of sp³-hybridized carbons (Fsp3) is 0.625. The average Bonchev–Trinajstić information content (AvgIpc) is 1.88. The molecule has 0 aromatic carbocycles. The van der Waals surface area contributed by atoms with E-state index in [0.29, 0.717) is 6.42 Å². The van der Waals surface area contributed by atoms with E-state index in [1.54, 1.807) is 6.08 Å². The summed E-state index contributed by atoms with van der Waals surface area (Å²) >= 11 is 0. The number of rotatable bonds is 4. The Morgan fingerprint density at radius 3 is 2.60 bits per heavy atom. The van der Waals surface area contributed by atoms with Crippen LogP contribution in [0.1, 0.15) is 20.3 Å². The van der Waals surface area contributed by atoms with Gasteiger partial charge in [0.2, 0.25) is 0 Å². The molecule has 0 aliphatic carbocycles. The Morgan fingerprint density at radius 2 is 2.20 bits per heavy atom. The minimum absolute atomic E-state index is 0.202.